The Balaban J connectivity index is 1.79. The van der Waals surface area contributed by atoms with E-state index in [0.717, 1.165) is 5.56 Å². The number of rotatable bonds is 5. The summed E-state index contributed by atoms with van der Waals surface area (Å²) in [7, 11) is 1.53. The van der Waals surface area contributed by atoms with Gasteiger partial charge in [0.15, 0.2) is 5.78 Å². The number of amides is 3. The summed E-state index contributed by atoms with van der Waals surface area (Å²) in [5.74, 6) is -0.589. The normalized spacial score (nSPS) is 10.1. The quantitative estimate of drug-likeness (QED) is 0.573. The van der Waals surface area contributed by atoms with Crippen LogP contribution in [0.4, 0.5) is 16.2 Å². The van der Waals surface area contributed by atoms with Gasteiger partial charge in [0, 0.05) is 29.5 Å². The third-order valence-corrected chi connectivity index (χ3v) is 4.36. The molecule has 0 radical (unpaired) electrons. The van der Waals surface area contributed by atoms with E-state index >= 15 is 0 Å². The summed E-state index contributed by atoms with van der Waals surface area (Å²) in [6, 6.07) is 20.3. The maximum absolute atomic E-state index is 12.9. The summed E-state index contributed by atoms with van der Waals surface area (Å²) in [5.41, 5.74) is 3.37. The lowest BCUT2D eigenvalue weighted by Gasteiger charge is -2.11. The Hall–Kier alpha value is -3.93. The Morgan fingerprint density at radius 1 is 0.690 bits per heavy atom. The van der Waals surface area contributed by atoms with Gasteiger partial charge in [0.25, 0.3) is 5.91 Å². The Bertz CT molecular complexity index is 1040. The van der Waals surface area contributed by atoms with Crippen molar-refractivity contribution in [2.24, 2.45) is 0 Å². The van der Waals surface area contributed by atoms with Gasteiger partial charge >= 0.3 is 6.03 Å². The number of aryl methyl sites for hydroxylation is 1. The summed E-state index contributed by atoms with van der Waals surface area (Å²) in [4.78, 5) is 37.0. The molecular formula is C23H21N3O3. The zero-order valence-electron chi connectivity index (χ0n) is 16.2. The fourth-order valence-electron chi connectivity index (χ4n) is 2.77. The van der Waals surface area contributed by atoms with Gasteiger partial charge in [0.1, 0.15) is 0 Å². The van der Waals surface area contributed by atoms with Crippen molar-refractivity contribution in [1.82, 2.24) is 5.32 Å². The second-order valence-electron chi connectivity index (χ2n) is 6.48. The topological polar surface area (TPSA) is 87.3 Å². The third-order valence-electron chi connectivity index (χ3n) is 4.36. The number of hydrogen-bond donors (Lipinski definition) is 3. The van der Waals surface area contributed by atoms with E-state index in [0.29, 0.717) is 28.1 Å². The number of nitrogens with one attached hydrogen (secondary N) is 3. The molecule has 0 fully saturated rings. The van der Waals surface area contributed by atoms with Crippen molar-refractivity contribution in [3.63, 3.8) is 0 Å². The maximum Gasteiger partial charge on any atom is 0.318 e. The SMILES string of the molecule is CNC(=O)Nc1ccc(NC(=O)c2ccccc2C(=O)c2ccc(C)cc2)cc1. The van der Waals surface area contributed by atoms with Gasteiger partial charge in [0.2, 0.25) is 0 Å². The van der Waals surface area contributed by atoms with Crippen molar-refractivity contribution in [3.8, 4) is 0 Å². The summed E-state index contributed by atoms with van der Waals surface area (Å²) >= 11 is 0. The molecule has 3 aromatic carbocycles. The average Bonchev–Trinajstić information content (AvgIpc) is 2.75. The van der Waals surface area contributed by atoms with Crippen LogP contribution in [0, 0.1) is 6.92 Å². The maximum atomic E-state index is 12.9. The molecule has 0 aromatic heterocycles. The lowest BCUT2D eigenvalue weighted by atomic mass is 9.97. The first kappa shape index (κ1) is 19.8. The number of carbonyl (C=O) groups excluding carboxylic acids is 3. The molecule has 0 aliphatic rings. The van der Waals surface area contributed by atoms with Crippen molar-refractivity contribution in [2.75, 3.05) is 17.7 Å². The van der Waals surface area contributed by atoms with E-state index in [-0.39, 0.29) is 17.7 Å². The Labute approximate surface area is 169 Å². The summed E-state index contributed by atoms with van der Waals surface area (Å²) in [6.07, 6.45) is 0. The molecule has 6 nitrogen and oxygen atoms in total. The number of hydrogen-bond acceptors (Lipinski definition) is 3. The van der Waals surface area contributed by atoms with Gasteiger partial charge in [-0.05, 0) is 37.3 Å². The van der Waals surface area contributed by atoms with Crippen molar-refractivity contribution in [3.05, 3.63) is 95.1 Å². The number of ketones is 1. The molecule has 3 aromatic rings. The number of anilines is 2. The van der Waals surface area contributed by atoms with E-state index in [1.807, 2.05) is 19.1 Å². The Kier molecular flexibility index (Phi) is 6.04. The largest absolute Gasteiger partial charge is 0.341 e. The molecular weight excluding hydrogens is 366 g/mol. The van der Waals surface area contributed by atoms with E-state index < -0.39 is 0 Å². The Morgan fingerprint density at radius 2 is 1.24 bits per heavy atom. The fraction of sp³-hybridized carbons (Fsp3) is 0.0870. The molecule has 0 aliphatic heterocycles. The molecule has 0 saturated heterocycles. The highest BCUT2D eigenvalue weighted by Gasteiger charge is 2.18. The molecule has 3 amide bonds. The molecule has 3 N–H and O–H groups in total. The van der Waals surface area contributed by atoms with Gasteiger partial charge in [-0.2, -0.15) is 0 Å². The first-order valence-electron chi connectivity index (χ1n) is 9.08. The molecule has 29 heavy (non-hydrogen) atoms. The predicted octanol–water partition coefficient (Wildman–Crippen LogP) is 4.23. The van der Waals surface area contributed by atoms with Crippen LogP contribution in [0.15, 0.2) is 72.8 Å². The second kappa shape index (κ2) is 8.84. The molecule has 0 saturated carbocycles. The van der Waals surface area contributed by atoms with Crippen LogP contribution >= 0.6 is 0 Å². The fourth-order valence-corrected chi connectivity index (χ4v) is 2.77. The van der Waals surface area contributed by atoms with Crippen molar-refractivity contribution < 1.29 is 14.4 Å². The van der Waals surface area contributed by atoms with Gasteiger partial charge in [-0.15, -0.1) is 0 Å². The van der Waals surface area contributed by atoms with E-state index in [4.69, 9.17) is 0 Å². The van der Waals surface area contributed by atoms with E-state index in [1.165, 1.54) is 7.05 Å². The van der Waals surface area contributed by atoms with Gasteiger partial charge in [-0.1, -0.05) is 48.0 Å². The van der Waals surface area contributed by atoms with Crippen LogP contribution in [0.25, 0.3) is 0 Å². The highest BCUT2D eigenvalue weighted by Crippen LogP contribution is 2.19. The number of urea groups is 1. The first-order chi connectivity index (χ1) is 14.0. The molecule has 0 aliphatic carbocycles. The standard InChI is InChI=1S/C23H21N3O3/c1-15-7-9-16(10-8-15)21(27)19-5-3-4-6-20(19)22(28)25-17-11-13-18(14-12-17)26-23(29)24-2/h3-14H,1-2H3,(H,25,28)(H2,24,26,29). The van der Waals surface area contributed by atoms with Crippen LogP contribution in [-0.4, -0.2) is 24.8 Å². The molecule has 0 spiro atoms. The second-order valence-corrected chi connectivity index (χ2v) is 6.48. The van der Waals surface area contributed by atoms with E-state index in [1.54, 1.807) is 60.7 Å². The van der Waals surface area contributed by atoms with Crippen LogP contribution in [-0.2, 0) is 0 Å². The van der Waals surface area contributed by atoms with E-state index in [2.05, 4.69) is 16.0 Å². The average molecular weight is 387 g/mol. The van der Waals surface area contributed by atoms with Gasteiger partial charge in [-0.25, -0.2) is 4.79 Å². The number of benzene rings is 3. The van der Waals surface area contributed by atoms with Crippen LogP contribution in [0.1, 0.15) is 31.8 Å². The van der Waals surface area contributed by atoms with Crippen molar-refractivity contribution in [1.29, 1.82) is 0 Å². The predicted molar refractivity (Wildman–Crippen MR) is 114 cm³/mol. The minimum atomic E-state index is -0.381. The Morgan fingerprint density at radius 3 is 1.83 bits per heavy atom. The smallest absolute Gasteiger partial charge is 0.318 e. The molecule has 0 heterocycles. The molecule has 3 rings (SSSR count). The molecule has 6 heteroatoms. The minimum absolute atomic E-state index is 0.208. The number of carbonyl (C=O) groups is 3. The highest BCUT2D eigenvalue weighted by molar-refractivity contribution is 6.17. The van der Waals surface area contributed by atoms with Crippen molar-refractivity contribution in [2.45, 2.75) is 6.92 Å². The van der Waals surface area contributed by atoms with E-state index in [9.17, 15) is 14.4 Å². The van der Waals surface area contributed by atoms with Crippen LogP contribution in [0.2, 0.25) is 0 Å². The van der Waals surface area contributed by atoms with Gasteiger partial charge < -0.3 is 16.0 Å². The monoisotopic (exact) mass is 387 g/mol. The van der Waals surface area contributed by atoms with Crippen LogP contribution < -0.4 is 16.0 Å². The van der Waals surface area contributed by atoms with Crippen LogP contribution in [0.3, 0.4) is 0 Å². The first-order valence-corrected chi connectivity index (χ1v) is 9.08. The lowest BCUT2D eigenvalue weighted by Crippen LogP contribution is -2.24. The lowest BCUT2D eigenvalue weighted by molar-refractivity contribution is 0.0996. The summed E-state index contributed by atoms with van der Waals surface area (Å²) in [5, 5.41) is 7.89. The molecule has 146 valence electrons. The van der Waals surface area contributed by atoms with Crippen LogP contribution in [0.5, 0.6) is 0 Å². The zero-order chi connectivity index (χ0) is 20.8. The molecule has 0 unspecified atom stereocenters. The molecule has 0 bridgehead atoms. The third kappa shape index (κ3) is 4.87. The zero-order valence-corrected chi connectivity index (χ0v) is 16.2. The summed E-state index contributed by atoms with van der Waals surface area (Å²) in [6.45, 7) is 1.95. The van der Waals surface area contributed by atoms with Gasteiger partial charge in [-0.3, -0.25) is 9.59 Å². The van der Waals surface area contributed by atoms with Gasteiger partial charge in [0.05, 0.1) is 5.56 Å². The van der Waals surface area contributed by atoms with Crippen molar-refractivity contribution >= 4 is 29.1 Å². The minimum Gasteiger partial charge on any atom is -0.341 e. The highest BCUT2D eigenvalue weighted by atomic mass is 16.2. The summed E-state index contributed by atoms with van der Waals surface area (Å²) < 4.78 is 0. The molecule has 0 atom stereocenters.